The molecule has 0 saturated carbocycles. The van der Waals surface area contributed by atoms with Crippen LogP contribution < -0.4 is 0 Å². The van der Waals surface area contributed by atoms with Gasteiger partial charge in [0, 0.05) is 5.02 Å². The molecule has 0 spiro atoms. The standard InChI is InChI=1S/C11H11Cl2NO2/c1-7(2)16-11(15)6-14-10-4-3-8(12)5-9(10)13/h3-7H,1-2H3. The van der Waals surface area contributed by atoms with Crippen molar-refractivity contribution in [1.82, 2.24) is 0 Å². The van der Waals surface area contributed by atoms with Crippen LogP contribution in [0.3, 0.4) is 0 Å². The molecule has 0 unspecified atom stereocenters. The van der Waals surface area contributed by atoms with Gasteiger partial charge in [0.05, 0.1) is 16.8 Å². The number of ether oxygens (including phenoxy) is 1. The number of nitrogens with zero attached hydrogens (tertiary/aromatic N) is 1. The van der Waals surface area contributed by atoms with Gasteiger partial charge < -0.3 is 4.74 Å². The van der Waals surface area contributed by atoms with Crippen LogP contribution in [-0.2, 0) is 9.53 Å². The van der Waals surface area contributed by atoms with Crippen molar-refractivity contribution in [3.63, 3.8) is 0 Å². The number of hydrogen-bond donors (Lipinski definition) is 0. The molecule has 0 radical (unpaired) electrons. The van der Waals surface area contributed by atoms with Gasteiger partial charge in [-0.15, -0.1) is 0 Å². The molecule has 0 bridgehead atoms. The molecule has 16 heavy (non-hydrogen) atoms. The summed E-state index contributed by atoms with van der Waals surface area (Å²) in [5.74, 6) is -0.499. The summed E-state index contributed by atoms with van der Waals surface area (Å²) in [6.07, 6.45) is 0.925. The Morgan fingerprint density at radius 2 is 2.12 bits per heavy atom. The van der Waals surface area contributed by atoms with E-state index in [-0.39, 0.29) is 6.10 Å². The van der Waals surface area contributed by atoms with Crippen LogP contribution in [0.1, 0.15) is 13.8 Å². The molecule has 1 aromatic carbocycles. The Morgan fingerprint density at radius 3 is 2.69 bits per heavy atom. The number of benzene rings is 1. The molecule has 0 heterocycles. The van der Waals surface area contributed by atoms with Gasteiger partial charge in [-0.3, -0.25) is 0 Å². The van der Waals surface area contributed by atoms with Crippen LogP contribution in [-0.4, -0.2) is 18.3 Å². The lowest BCUT2D eigenvalue weighted by atomic mass is 10.3. The molecule has 1 rings (SSSR count). The summed E-state index contributed by atoms with van der Waals surface area (Å²) in [5, 5.41) is 0.912. The van der Waals surface area contributed by atoms with Gasteiger partial charge in [-0.1, -0.05) is 23.2 Å². The van der Waals surface area contributed by atoms with Gasteiger partial charge >= 0.3 is 5.97 Å². The summed E-state index contributed by atoms with van der Waals surface area (Å²) in [7, 11) is 0. The zero-order valence-electron chi connectivity index (χ0n) is 8.91. The van der Waals surface area contributed by atoms with Crippen molar-refractivity contribution >= 4 is 41.1 Å². The van der Waals surface area contributed by atoms with Gasteiger partial charge in [0.1, 0.15) is 6.21 Å². The number of carbonyl (C=O) groups is 1. The average Bonchev–Trinajstić information content (AvgIpc) is 2.15. The summed E-state index contributed by atoms with van der Waals surface area (Å²) >= 11 is 11.6. The van der Waals surface area contributed by atoms with Gasteiger partial charge in [0.25, 0.3) is 0 Å². The first kappa shape index (κ1) is 13.0. The zero-order chi connectivity index (χ0) is 12.1. The van der Waals surface area contributed by atoms with E-state index in [1.807, 2.05) is 0 Å². The number of rotatable bonds is 3. The van der Waals surface area contributed by atoms with Crippen LogP contribution in [0.15, 0.2) is 23.2 Å². The van der Waals surface area contributed by atoms with Crippen LogP contribution in [0.4, 0.5) is 5.69 Å². The van der Waals surface area contributed by atoms with E-state index in [1.165, 1.54) is 0 Å². The average molecular weight is 260 g/mol. The van der Waals surface area contributed by atoms with Crippen molar-refractivity contribution in [2.24, 2.45) is 4.99 Å². The van der Waals surface area contributed by atoms with Crippen molar-refractivity contribution in [1.29, 1.82) is 0 Å². The number of hydrogen-bond acceptors (Lipinski definition) is 3. The first-order chi connectivity index (χ1) is 7.49. The maximum absolute atomic E-state index is 11.2. The molecule has 5 heteroatoms. The third-order valence-electron chi connectivity index (χ3n) is 1.57. The Kier molecular flexibility index (Phi) is 4.77. The van der Waals surface area contributed by atoms with E-state index in [0.29, 0.717) is 15.7 Å². The highest BCUT2D eigenvalue weighted by Crippen LogP contribution is 2.27. The van der Waals surface area contributed by atoms with E-state index < -0.39 is 5.97 Å². The maximum atomic E-state index is 11.2. The smallest absolute Gasteiger partial charge is 0.349 e. The molecule has 0 aliphatic heterocycles. The molecule has 0 aliphatic rings. The fourth-order valence-electron chi connectivity index (χ4n) is 0.971. The van der Waals surface area contributed by atoms with E-state index in [2.05, 4.69) is 4.99 Å². The number of esters is 1. The lowest BCUT2D eigenvalue weighted by Gasteiger charge is -2.03. The molecule has 0 N–H and O–H groups in total. The van der Waals surface area contributed by atoms with E-state index in [4.69, 9.17) is 27.9 Å². The summed E-state index contributed by atoms with van der Waals surface area (Å²) in [6, 6.07) is 4.83. The van der Waals surface area contributed by atoms with Crippen molar-refractivity contribution in [3.8, 4) is 0 Å². The Labute approximate surface area is 104 Å². The molecular weight excluding hydrogens is 249 g/mol. The summed E-state index contributed by atoms with van der Waals surface area (Å²) in [4.78, 5) is 15.1. The number of halogens is 2. The van der Waals surface area contributed by atoms with Gasteiger partial charge in [0.15, 0.2) is 0 Å². The van der Waals surface area contributed by atoms with Gasteiger partial charge in [-0.2, -0.15) is 0 Å². The summed E-state index contributed by atoms with van der Waals surface area (Å²) in [5.41, 5.74) is 0.478. The Hall–Kier alpha value is -1.06. The Bertz CT molecular complexity index is 416. The first-order valence-electron chi connectivity index (χ1n) is 4.69. The molecule has 0 atom stereocenters. The maximum Gasteiger partial charge on any atom is 0.349 e. The molecule has 0 aromatic heterocycles. The molecule has 0 saturated heterocycles. The fourth-order valence-corrected chi connectivity index (χ4v) is 1.43. The second-order valence-electron chi connectivity index (χ2n) is 3.34. The minimum absolute atomic E-state index is 0.167. The van der Waals surface area contributed by atoms with Crippen LogP contribution in [0.5, 0.6) is 0 Å². The Balaban J connectivity index is 2.73. The van der Waals surface area contributed by atoms with Crippen LogP contribution in [0.25, 0.3) is 0 Å². The second-order valence-corrected chi connectivity index (χ2v) is 4.18. The van der Waals surface area contributed by atoms with E-state index in [0.717, 1.165) is 6.21 Å². The summed E-state index contributed by atoms with van der Waals surface area (Å²) < 4.78 is 4.88. The largest absolute Gasteiger partial charge is 0.459 e. The lowest BCUT2D eigenvalue weighted by molar-refractivity contribution is -0.138. The predicted molar refractivity (Wildman–Crippen MR) is 65.8 cm³/mol. The SMILES string of the molecule is CC(C)OC(=O)C=Nc1ccc(Cl)cc1Cl. The third kappa shape index (κ3) is 4.21. The zero-order valence-corrected chi connectivity index (χ0v) is 10.4. The summed E-state index contributed by atoms with van der Waals surface area (Å²) in [6.45, 7) is 3.53. The molecule has 3 nitrogen and oxygen atoms in total. The predicted octanol–water partition coefficient (Wildman–Crippen LogP) is 3.65. The van der Waals surface area contributed by atoms with Crippen molar-refractivity contribution < 1.29 is 9.53 Å². The molecule has 0 aliphatic carbocycles. The van der Waals surface area contributed by atoms with E-state index >= 15 is 0 Å². The molecule has 1 aromatic rings. The molecular formula is C11H11Cl2NO2. The monoisotopic (exact) mass is 259 g/mol. The topological polar surface area (TPSA) is 38.7 Å². The number of carbonyl (C=O) groups excluding carboxylic acids is 1. The van der Waals surface area contributed by atoms with Crippen LogP contribution >= 0.6 is 23.2 Å². The highest BCUT2D eigenvalue weighted by atomic mass is 35.5. The third-order valence-corrected chi connectivity index (χ3v) is 2.11. The lowest BCUT2D eigenvalue weighted by Crippen LogP contribution is -2.11. The second kappa shape index (κ2) is 5.87. The minimum Gasteiger partial charge on any atom is -0.459 e. The van der Waals surface area contributed by atoms with Crippen LogP contribution in [0, 0.1) is 0 Å². The number of aliphatic imine (C=N–C) groups is 1. The van der Waals surface area contributed by atoms with Crippen molar-refractivity contribution in [2.45, 2.75) is 20.0 Å². The molecule has 0 fully saturated rings. The van der Waals surface area contributed by atoms with Crippen molar-refractivity contribution in [2.75, 3.05) is 0 Å². The minimum atomic E-state index is -0.499. The van der Waals surface area contributed by atoms with Crippen LogP contribution in [0.2, 0.25) is 10.0 Å². The molecule has 86 valence electrons. The first-order valence-corrected chi connectivity index (χ1v) is 5.44. The van der Waals surface area contributed by atoms with Gasteiger partial charge in [-0.05, 0) is 32.0 Å². The fraction of sp³-hybridized carbons (Fsp3) is 0.273. The van der Waals surface area contributed by atoms with Gasteiger partial charge in [0.2, 0.25) is 0 Å². The normalized spacial score (nSPS) is 11.1. The Morgan fingerprint density at radius 1 is 1.44 bits per heavy atom. The van der Waals surface area contributed by atoms with Gasteiger partial charge in [-0.25, -0.2) is 9.79 Å². The van der Waals surface area contributed by atoms with Crippen molar-refractivity contribution in [3.05, 3.63) is 28.2 Å². The van der Waals surface area contributed by atoms with E-state index in [1.54, 1.807) is 32.0 Å². The quantitative estimate of drug-likeness (QED) is 0.614. The highest BCUT2D eigenvalue weighted by molar-refractivity contribution is 6.36. The highest BCUT2D eigenvalue weighted by Gasteiger charge is 2.03. The molecule has 0 amide bonds. The van der Waals surface area contributed by atoms with E-state index in [9.17, 15) is 4.79 Å².